The fraction of sp³-hybridized carbons (Fsp3) is 0.538. The zero-order valence-electron chi connectivity index (χ0n) is 12.7. The van der Waals surface area contributed by atoms with Gasteiger partial charge < -0.3 is 0 Å². The summed E-state index contributed by atoms with van der Waals surface area (Å²) in [5, 5.41) is 0. The molecule has 0 spiro atoms. The van der Waals surface area contributed by atoms with E-state index >= 15 is 0 Å². The first-order valence-electron chi connectivity index (χ1n) is 6.91. The number of hydrogen-bond donors (Lipinski definition) is 0. The van der Waals surface area contributed by atoms with E-state index in [1.807, 2.05) is 0 Å². The summed E-state index contributed by atoms with van der Waals surface area (Å²) in [5.41, 5.74) is 0. The second-order valence-corrected chi connectivity index (χ2v) is 9.47. The normalized spacial score (nSPS) is 18.5. The van der Waals surface area contributed by atoms with Crippen LogP contribution in [0.25, 0.3) is 0 Å². The minimum Gasteiger partial charge on any atom is -0.213 e. The van der Waals surface area contributed by atoms with Crippen LogP contribution in [0.2, 0.25) is 0 Å². The SMILES string of the molecule is CN(C1CCN(S(=O)(=O)c2ccc(F)c(F)c2)CC1)S(C)(=O)=O. The third-order valence-corrected chi connectivity index (χ3v) is 7.23. The van der Waals surface area contributed by atoms with Crippen molar-refractivity contribution in [3.05, 3.63) is 29.8 Å². The minimum absolute atomic E-state index is 0.117. The molecule has 0 amide bonds. The van der Waals surface area contributed by atoms with Crippen molar-refractivity contribution >= 4 is 20.0 Å². The summed E-state index contributed by atoms with van der Waals surface area (Å²) >= 11 is 0. The van der Waals surface area contributed by atoms with Gasteiger partial charge in [-0.15, -0.1) is 0 Å². The van der Waals surface area contributed by atoms with Crippen LogP contribution in [0.1, 0.15) is 12.8 Å². The van der Waals surface area contributed by atoms with Crippen LogP contribution < -0.4 is 0 Å². The highest BCUT2D eigenvalue weighted by molar-refractivity contribution is 7.89. The van der Waals surface area contributed by atoms with Gasteiger partial charge in [-0.3, -0.25) is 0 Å². The molecule has 0 aromatic heterocycles. The summed E-state index contributed by atoms with van der Waals surface area (Å²) in [5.74, 6) is -2.34. The Kier molecular flexibility index (Phi) is 5.09. The molecule has 130 valence electrons. The van der Waals surface area contributed by atoms with Crippen molar-refractivity contribution in [3.8, 4) is 0 Å². The topological polar surface area (TPSA) is 74.8 Å². The van der Waals surface area contributed by atoms with Crippen molar-refractivity contribution in [2.75, 3.05) is 26.4 Å². The van der Waals surface area contributed by atoms with Crippen LogP contribution in [0, 0.1) is 11.6 Å². The lowest BCUT2D eigenvalue weighted by atomic mass is 10.1. The summed E-state index contributed by atoms with van der Waals surface area (Å²) < 4.78 is 76.5. The van der Waals surface area contributed by atoms with E-state index < -0.39 is 31.7 Å². The van der Waals surface area contributed by atoms with Gasteiger partial charge >= 0.3 is 0 Å². The summed E-state index contributed by atoms with van der Waals surface area (Å²) in [4.78, 5) is -0.314. The highest BCUT2D eigenvalue weighted by atomic mass is 32.2. The van der Waals surface area contributed by atoms with Crippen LogP contribution >= 0.6 is 0 Å². The van der Waals surface area contributed by atoms with Gasteiger partial charge in [0.2, 0.25) is 20.0 Å². The minimum atomic E-state index is -3.93. The first-order chi connectivity index (χ1) is 10.5. The van der Waals surface area contributed by atoms with E-state index in [0.29, 0.717) is 18.9 Å². The van der Waals surface area contributed by atoms with Gasteiger partial charge in [0.25, 0.3) is 0 Å². The Bertz CT molecular complexity index is 788. The van der Waals surface area contributed by atoms with Gasteiger partial charge in [-0.1, -0.05) is 0 Å². The zero-order valence-corrected chi connectivity index (χ0v) is 14.4. The molecule has 0 unspecified atom stereocenters. The number of rotatable bonds is 4. The third kappa shape index (κ3) is 3.87. The molecular weight excluding hydrogens is 350 g/mol. The highest BCUT2D eigenvalue weighted by Gasteiger charge is 2.33. The fourth-order valence-corrected chi connectivity index (χ4v) is 4.74. The first kappa shape index (κ1) is 18.2. The second-order valence-electron chi connectivity index (χ2n) is 5.49. The molecule has 23 heavy (non-hydrogen) atoms. The Morgan fingerprint density at radius 1 is 1.09 bits per heavy atom. The molecule has 0 bridgehead atoms. The smallest absolute Gasteiger partial charge is 0.213 e. The number of piperidine rings is 1. The molecule has 0 radical (unpaired) electrons. The van der Waals surface area contributed by atoms with Gasteiger partial charge in [-0.2, -0.15) is 4.31 Å². The van der Waals surface area contributed by atoms with E-state index in [2.05, 4.69) is 0 Å². The highest BCUT2D eigenvalue weighted by Crippen LogP contribution is 2.24. The van der Waals surface area contributed by atoms with Crippen molar-refractivity contribution < 1.29 is 25.6 Å². The monoisotopic (exact) mass is 368 g/mol. The van der Waals surface area contributed by atoms with Crippen molar-refractivity contribution in [1.82, 2.24) is 8.61 Å². The average Bonchev–Trinajstić information content (AvgIpc) is 2.48. The molecule has 0 N–H and O–H groups in total. The molecule has 0 atom stereocenters. The number of halogens is 2. The molecule has 1 aromatic carbocycles. The van der Waals surface area contributed by atoms with Crippen molar-refractivity contribution in [2.24, 2.45) is 0 Å². The zero-order chi connectivity index (χ0) is 17.4. The predicted octanol–water partition coefficient (Wildman–Crippen LogP) is 1.01. The lowest BCUT2D eigenvalue weighted by Gasteiger charge is -2.34. The average molecular weight is 368 g/mol. The Labute approximate surface area is 134 Å². The van der Waals surface area contributed by atoms with Gasteiger partial charge in [0.1, 0.15) is 0 Å². The molecule has 1 fully saturated rings. The third-order valence-electron chi connectivity index (χ3n) is 3.99. The van der Waals surface area contributed by atoms with Crippen LogP contribution in [0.3, 0.4) is 0 Å². The van der Waals surface area contributed by atoms with Crippen LogP contribution in [0.15, 0.2) is 23.1 Å². The Morgan fingerprint density at radius 2 is 1.65 bits per heavy atom. The van der Waals surface area contributed by atoms with Crippen LogP contribution in [-0.4, -0.2) is 57.9 Å². The summed E-state index contributed by atoms with van der Waals surface area (Å²) in [6.07, 6.45) is 1.77. The molecule has 6 nitrogen and oxygen atoms in total. The maximum atomic E-state index is 13.2. The van der Waals surface area contributed by atoms with Gasteiger partial charge in [0, 0.05) is 26.2 Å². The van der Waals surface area contributed by atoms with Gasteiger partial charge in [-0.25, -0.2) is 29.9 Å². The molecule has 1 heterocycles. The molecule has 1 saturated heterocycles. The number of nitrogens with zero attached hydrogens (tertiary/aromatic N) is 2. The largest absolute Gasteiger partial charge is 0.243 e. The maximum Gasteiger partial charge on any atom is 0.243 e. The van der Waals surface area contributed by atoms with E-state index in [-0.39, 0.29) is 24.0 Å². The molecular formula is C13H18F2N2O4S2. The Hall–Kier alpha value is -1.10. The number of benzene rings is 1. The van der Waals surface area contributed by atoms with Crippen molar-refractivity contribution in [1.29, 1.82) is 0 Å². The molecule has 1 aromatic rings. The van der Waals surface area contributed by atoms with Gasteiger partial charge in [0.05, 0.1) is 11.2 Å². The molecule has 0 saturated carbocycles. The number of hydrogen-bond acceptors (Lipinski definition) is 4. The molecule has 0 aliphatic carbocycles. The van der Waals surface area contributed by atoms with E-state index in [1.54, 1.807) is 0 Å². The molecule has 1 aliphatic heterocycles. The van der Waals surface area contributed by atoms with Gasteiger partial charge in [-0.05, 0) is 31.0 Å². The molecule has 1 aliphatic rings. The summed E-state index contributed by atoms with van der Waals surface area (Å²) in [6.45, 7) is 0.234. The maximum absolute atomic E-state index is 13.2. The van der Waals surface area contributed by atoms with Gasteiger partial charge in [0.15, 0.2) is 11.6 Å². The van der Waals surface area contributed by atoms with E-state index in [4.69, 9.17) is 0 Å². The standard InChI is InChI=1S/C13H18F2N2O4S2/c1-16(22(2,18)19)10-5-7-17(8-6-10)23(20,21)11-3-4-12(14)13(15)9-11/h3-4,9-10H,5-8H2,1-2H3. The Balaban J connectivity index is 2.14. The van der Waals surface area contributed by atoms with E-state index in [9.17, 15) is 25.6 Å². The van der Waals surface area contributed by atoms with Crippen LogP contribution in [-0.2, 0) is 20.0 Å². The number of sulfonamides is 2. The molecule has 2 rings (SSSR count). The lowest BCUT2D eigenvalue weighted by molar-refractivity contribution is 0.239. The van der Waals surface area contributed by atoms with Crippen LogP contribution in [0.4, 0.5) is 8.78 Å². The lowest BCUT2D eigenvalue weighted by Crippen LogP contribution is -2.46. The second kappa shape index (κ2) is 6.42. The molecule has 10 heteroatoms. The quantitative estimate of drug-likeness (QED) is 0.795. The fourth-order valence-electron chi connectivity index (χ4n) is 2.50. The van der Waals surface area contributed by atoms with Crippen molar-refractivity contribution in [3.63, 3.8) is 0 Å². The van der Waals surface area contributed by atoms with Crippen molar-refractivity contribution in [2.45, 2.75) is 23.8 Å². The predicted molar refractivity (Wildman–Crippen MR) is 80.7 cm³/mol. The summed E-state index contributed by atoms with van der Waals surface area (Å²) in [6, 6.07) is 2.16. The van der Waals surface area contributed by atoms with Crippen LogP contribution in [0.5, 0.6) is 0 Å². The summed E-state index contributed by atoms with van der Waals surface area (Å²) in [7, 11) is -5.81. The Morgan fingerprint density at radius 3 is 2.13 bits per heavy atom. The first-order valence-corrected chi connectivity index (χ1v) is 10.2. The van der Waals surface area contributed by atoms with E-state index in [1.165, 1.54) is 11.4 Å². The van der Waals surface area contributed by atoms with E-state index in [0.717, 1.165) is 22.7 Å².